The average molecular weight is 306 g/mol. The molecular formula is C16H22N2O4. The zero-order valence-corrected chi connectivity index (χ0v) is 12.8. The predicted octanol–water partition coefficient (Wildman–Crippen LogP) is 1.62. The second-order valence-corrected chi connectivity index (χ2v) is 5.11. The third kappa shape index (κ3) is 5.95. The maximum absolute atomic E-state index is 12.1. The quantitative estimate of drug-likeness (QED) is 0.680. The van der Waals surface area contributed by atoms with Crippen molar-refractivity contribution in [2.75, 3.05) is 0 Å². The molecule has 1 aromatic carbocycles. The van der Waals surface area contributed by atoms with Gasteiger partial charge in [0.1, 0.15) is 6.04 Å². The van der Waals surface area contributed by atoms with Gasteiger partial charge in [-0.05, 0) is 12.0 Å². The van der Waals surface area contributed by atoms with Gasteiger partial charge in [0.2, 0.25) is 11.8 Å². The first-order valence-corrected chi connectivity index (χ1v) is 7.28. The van der Waals surface area contributed by atoms with E-state index < -0.39 is 24.0 Å². The lowest BCUT2D eigenvalue weighted by atomic mass is 10.0. The van der Waals surface area contributed by atoms with Gasteiger partial charge in [0.05, 0.1) is 12.5 Å². The fourth-order valence-electron chi connectivity index (χ4n) is 2.17. The number of aliphatic carboxylic acids is 1. The van der Waals surface area contributed by atoms with Gasteiger partial charge in [-0.25, -0.2) is 4.79 Å². The fraction of sp³-hybridized carbons (Fsp3) is 0.438. The van der Waals surface area contributed by atoms with Crippen LogP contribution in [0.5, 0.6) is 0 Å². The van der Waals surface area contributed by atoms with Crippen molar-refractivity contribution < 1.29 is 19.5 Å². The molecule has 0 aliphatic carbocycles. The Labute approximate surface area is 129 Å². The molecule has 2 atom stereocenters. The van der Waals surface area contributed by atoms with Gasteiger partial charge in [0.15, 0.2) is 0 Å². The van der Waals surface area contributed by atoms with Gasteiger partial charge in [-0.1, -0.05) is 43.7 Å². The van der Waals surface area contributed by atoms with Crippen molar-refractivity contribution in [3.63, 3.8) is 0 Å². The number of benzene rings is 1. The van der Waals surface area contributed by atoms with Crippen molar-refractivity contribution in [1.82, 2.24) is 10.6 Å². The summed E-state index contributed by atoms with van der Waals surface area (Å²) in [5.74, 6) is -1.69. The van der Waals surface area contributed by atoms with Crippen LogP contribution in [0.3, 0.4) is 0 Å². The normalized spacial score (nSPS) is 13.0. The molecule has 0 fully saturated rings. The first kappa shape index (κ1) is 17.7. The standard InChI is InChI=1S/C16H22N2O4/c1-3-7-13(16(21)22)18-15(20)10-14(17-11(2)19)12-8-5-4-6-9-12/h4-6,8-9,13-14H,3,7,10H2,1-2H3,(H,17,19)(H,18,20)(H,21,22). The molecule has 2 unspecified atom stereocenters. The predicted molar refractivity (Wildman–Crippen MR) is 82.1 cm³/mol. The number of carbonyl (C=O) groups is 3. The maximum Gasteiger partial charge on any atom is 0.326 e. The lowest BCUT2D eigenvalue weighted by Gasteiger charge is -2.20. The lowest BCUT2D eigenvalue weighted by molar-refractivity contribution is -0.142. The number of hydrogen-bond acceptors (Lipinski definition) is 3. The highest BCUT2D eigenvalue weighted by atomic mass is 16.4. The Kier molecular flexibility index (Phi) is 7.08. The van der Waals surface area contributed by atoms with E-state index in [0.717, 1.165) is 5.56 Å². The van der Waals surface area contributed by atoms with E-state index in [1.54, 1.807) is 0 Å². The lowest BCUT2D eigenvalue weighted by Crippen LogP contribution is -2.42. The molecule has 0 aliphatic heterocycles. The van der Waals surface area contributed by atoms with E-state index >= 15 is 0 Å². The summed E-state index contributed by atoms with van der Waals surface area (Å²) in [5, 5.41) is 14.3. The minimum atomic E-state index is -1.05. The Morgan fingerprint density at radius 3 is 2.27 bits per heavy atom. The highest BCUT2D eigenvalue weighted by Gasteiger charge is 2.22. The van der Waals surface area contributed by atoms with Crippen LogP contribution in [-0.2, 0) is 14.4 Å². The summed E-state index contributed by atoms with van der Waals surface area (Å²) in [6, 6.07) is 7.73. The number of carbonyl (C=O) groups excluding carboxylic acids is 2. The molecule has 0 heterocycles. The zero-order chi connectivity index (χ0) is 16.5. The number of amides is 2. The van der Waals surface area contributed by atoms with Crippen LogP contribution in [0, 0.1) is 0 Å². The molecule has 0 spiro atoms. The Balaban J connectivity index is 2.75. The van der Waals surface area contributed by atoms with Crippen LogP contribution in [0.1, 0.15) is 44.7 Å². The average Bonchev–Trinajstić information content (AvgIpc) is 2.46. The first-order valence-electron chi connectivity index (χ1n) is 7.28. The molecule has 0 bridgehead atoms. The van der Waals surface area contributed by atoms with Gasteiger partial charge >= 0.3 is 5.97 Å². The molecule has 0 aliphatic rings. The molecule has 6 heteroatoms. The third-order valence-electron chi connectivity index (χ3n) is 3.18. The first-order chi connectivity index (χ1) is 10.4. The molecule has 2 amide bonds. The molecule has 0 saturated heterocycles. The van der Waals surface area contributed by atoms with E-state index in [9.17, 15) is 14.4 Å². The van der Waals surface area contributed by atoms with E-state index in [4.69, 9.17) is 5.11 Å². The molecule has 1 aromatic rings. The van der Waals surface area contributed by atoms with Crippen molar-refractivity contribution >= 4 is 17.8 Å². The number of rotatable bonds is 8. The van der Waals surface area contributed by atoms with Crippen molar-refractivity contribution in [2.45, 2.75) is 45.2 Å². The van der Waals surface area contributed by atoms with Crippen molar-refractivity contribution in [2.24, 2.45) is 0 Å². The van der Waals surface area contributed by atoms with Gasteiger partial charge in [-0.2, -0.15) is 0 Å². The monoisotopic (exact) mass is 306 g/mol. The zero-order valence-electron chi connectivity index (χ0n) is 12.8. The SMILES string of the molecule is CCCC(NC(=O)CC(NC(C)=O)c1ccccc1)C(=O)O. The Morgan fingerprint density at radius 2 is 1.77 bits per heavy atom. The highest BCUT2D eigenvalue weighted by molar-refractivity contribution is 5.84. The summed E-state index contributed by atoms with van der Waals surface area (Å²) in [4.78, 5) is 34.5. The minimum absolute atomic E-state index is 0.00289. The number of nitrogens with one attached hydrogen (secondary N) is 2. The fourth-order valence-corrected chi connectivity index (χ4v) is 2.17. The Bertz CT molecular complexity index is 516. The van der Waals surface area contributed by atoms with Crippen molar-refractivity contribution in [3.8, 4) is 0 Å². The van der Waals surface area contributed by atoms with Crippen LogP contribution in [0.2, 0.25) is 0 Å². The van der Waals surface area contributed by atoms with Crippen LogP contribution >= 0.6 is 0 Å². The summed E-state index contributed by atoms with van der Waals surface area (Å²) in [5.41, 5.74) is 0.801. The number of hydrogen-bond donors (Lipinski definition) is 3. The van der Waals surface area contributed by atoms with E-state index in [-0.39, 0.29) is 12.3 Å². The Hall–Kier alpha value is -2.37. The molecule has 6 nitrogen and oxygen atoms in total. The molecule has 22 heavy (non-hydrogen) atoms. The Morgan fingerprint density at radius 1 is 1.14 bits per heavy atom. The molecule has 0 radical (unpaired) electrons. The van der Waals surface area contributed by atoms with Crippen molar-refractivity contribution in [3.05, 3.63) is 35.9 Å². The smallest absolute Gasteiger partial charge is 0.326 e. The number of carboxylic acid groups (broad SMARTS) is 1. The largest absolute Gasteiger partial charge is 0.480 e. The van der Waals surface area contributed by atoms with E-state index in [0.29, 0.717) is 12.8 Å². The summed E-state index contributed by atoms with van der Waals surface area (Å²) in [7, 11) is 0. The molecule has 120 valence electrons. The maximum atomic E-state index is 12.1. The third-order valence-corrected chi connectivity index (χ3v) is 3.18. The van der Waals surface area contributed by atoms with Crippen molar-refractivity contribution in [1.29, 1.82) is 0 Å². The summed E-state index contributed by atoms with van der Waals surface area (Å²) >= 11 is 0. The molecule has 0 aromatic heterocycles. The van der Waals surface area contributed by atoms with Crippen LogP contribution in [0.4, 0.5) is 0 Å². The van der Waals surface area contributed by atoms with Crippen LogP contribution in [-0.4, -0.2) is 28.9 Å². The summed E-state index contributed by atoms with van der Waals surface area (Å²) in [6.07, 6.45) is 1.03. The summed E-state index contributed by atoms with van der Waals surface area (Å²) < 4.78 is 0. The molecular weight excluding hydrogens is 284 g/mol. The van der Waals surface area contributed by atoms with Crippen LogP contribution in [0.15, 0.2) is 30.3 Å². The van der Waals surface area contributed by atoms with E-state index in [1.807, 2.05) is 37.3 Å². The summed E-state index contributed by atoms with van der Waals surface area (Å²) in [6.45, 7) is 3.23. The second-order valence-electron chi connectivity index (χ2n) is 5.11. The molecule has 3 N–H and O–H groups in total. The van der Waals surface area contributed by atoms with E-state index in [2.05, 4.69) is 10.6 Å². The molecule has 1 rings (SSSR count). The van der Waals surface area contributed by atoms with Gasteiger partial charge in [0, 0.05) is 6.92 Å². The number of carboxylic acids is 1. The van der Waals surface area contributed by atoms with Gasteiger partial charge in [0.25, 0.3) is 0 Å². The topological polar surface area (TPSA) is 95.5 Å². The van der Waals surface area contributed by atoms with Gasteiger partial charge in [-0.3, -0.25) is 9.59 Å². The van der Waals surface area contributed by atoms with Crippen LogP contribution in [0.25, 0.3) is 0 Å². The second kappa shape index (κ2) is 8.81. The van der Waals surface area contributed by atoms with E-state index in [1.165, 1.54) is 6.92 Å². The highest BCUT2D eigenvalue weighted by Crippen LogP contribution is 2.16. The van der Waals surface area contributed by atoms with Crippen LogP contribution < -0.4 is 10.6 Å². The van der Waals surface area contributed by atoms with Gasteiger partial charge < -0.3 is 15.7 Å². The molecule has 0 saturated carbocycles. The minimum Gasteiger partial charge on any atom is -0.480 e. The van der Waals surface area contributed by atoms with Gasteiger partial charge in [-0.15, -0.1) is 0 Å².